The number of ether oxygens (including phenoxy) is 2. The second-order valence-electron chi connectivity index (χ2n) is 6.79. The molecule has 0 saturated carbocycles. The summed E-state index contributed by atoms with van der Waals surface area (Å²) in [4.78, 5) is 12.9. The molecule has 1 aromatic heterocycles. The van der Waals surface area contributed by atoms with Gasteiger partial charge in [0.1, 0.15) is 17.4 Å². The minimum absolute atomic E-state index is 0.411. The lowest BCUT2D eigenvalue weighted by atomic mass is 9.95. The van der Waals surface area contributed by atoms with Crippen LogP contribution in [0.1, 0.15) is 39.3 Å². The number of rotatable bonds is 3. The third-order valence-corrected chi connectivity index (χ3v) is 3.74. The summed E-state index contributed by atoms with van der Waals surface area (Å²) < 4.78 is 12.5. The maximum absolute atomic E-state index is 12.9. The molecular weight excluding hydrogens is 322 g/mol. The first-order valence-corrected chi connectivity index (χ1v) is 7.93. The van der Waals surface area contributed by atoms with Crippen LogP contribution in [-0.4, -0.2) is 38.9 Å². The molecule has 1 unspecified atom stereocenters. The highest BCUT2D eigenvalue weighted by atomic mass is 16.6. The van der Waals surface area contributed by atoms with Gasteiger partial charge in [0.15, 0.2) is 0 Å². The van der Waals surface area contributed by atoms with E-state index in [9.17, 15) is 4.79 Å². The van der Waals surface area contributed by atoms with Crippen molar-refractivity contribution in [3.05, 3.63) is 41.1 Å². The Kier molecular flexibility index (Phi) is 4.20. The van der Waals surface area contributed by atoms with Crippen molar-refractivity contribution in [2.24, 2.45) is 0 Å². The molecule has 0 spiro atoms. The lowest BCUT2D eigenvalue weighted by Crippen LogP contribution is -2.33. The van der Waals surface area contributed by atoms with Gasteiger partial charge in [0.25, 0.3) is 0 Å². The van der Waals surface area contributed by atoms with Gasteiger partial charge in [0.05, 0.1) is 12.7 Å². The molecule has 0 saturated heterocycles. The summed E-state index contributed by atoms with van der Waals surface area (Å²) >= 11 is 0. The normalized spacial score (nSPS) is 16.9. The molecular formula is C17H21N5O3. The molecule has 1 N–H and O–H groups in total. The van der Waals surface area contributed by atoms with Crippen molar-refractivity contribution < 1.29 is 14.3 Å². The highest BCUT2D eigenvalue weighted by Gasteiger charge is 2.36. The Labute approximate surface area is 145 Å². The molecule has 1 atom stereocenters. The Morgan fingerprint density at radius 3 is 2.76 bits per heavy atom. The summed E-state index contributed by atoms with van der Waals surface area (Å²) in [5, 5.41) is 14.8. The van der Waals surface area contributed by atoms with E-state index in [-0.39, 0.29) is 0 Å². The Morgan fingerprint density at radius 1 is 1.32 bits per heavy atom. The van der Waals surface area contributed by atoms with Crippen LogP contribution < -0.4 is 10.1 Å². The molecule has 0 radical (unpaired) electrons. The summed E-state index contributed by atoms with van der Waals surface area (Å²) in [5.41, 5.74) is 1.34. The summed E-state index contributed by atoms with van der Waals surface area (Å²) in [6, 6.07) is 6.97. The minimum atomic E-state index is -0.607. The minimum Gasteiger partial charge on any atom is -0.497 e. The maximum Gasteiger partial charge on any atom is 0.338 e. The molecule has 0 bridgehead atoms. The largest absolute Gasteiger partial charge is 0.497 e. The number of nitrogens with one attached hydrogen (secondary N) is 1. The topological polar surface area (TPSA) is 91.2 Å². The highest BCUT2D eigenvalue weighted by molar-refractivity contribution is 5.92. The number of tetrazole rings is 1. The molecule has 8 heteroatoms. The van der Waals surface area contributed by atoms with Crippen molar-refractivity contribution in [3.8, 4) is 5.75 Å². The van der Waals surface area contributed by atoms with Crippen LogP contribution in [0.4, 0.5) is 5.95 Å². The van der Waals surface area contributed by atoms with Gasteiger partial charge in [-0.2, -0.15) is 4.68 Å². The first-order valence-electron chi connectivity index (χ1n) is 7.93. The Hall–Kier alpha value is -2.90. The number of fused-ring (bicyclic) bond motifs is 1. The van der Waals surface area contributed by atoms with Gasteiger partial charge in [-0.25, -0.2) is 4.79 Å². The molecule has 8 nitrogen and oxygen atoms in total. The van der Waals surface area contributed by atoms with Crippen molar-refractivity contribution in [2.45, 2.75) is 39.3 Å². The van der Waals surface area contributed by atoms with E-state index in [1.54, 1.807) is 11.8 Å². The molecule has 0 aliphatic carbocycles. The van der Waals surface area contributed by atoms with Gasteiger partial charge in [-0.15, -0.1) is 0 Å². The number of carbonyl (C=O) groups is 1. The lowest BCUT2D eigenvalue weighted by Gasteiger charge is -2.29. The van der Waals surface area contributed by atoms with Crippen LogP contribution in [0.3, 0.4) is 0 Å². The van der Waals surface area contributed by atoms with E-state index in [1.807, 2.05) is 52.0 Å². The number of aromatic nitrogens is 4. The molecule has 25 heavy (non-hydrogen) atoms. The molecule has 0 amide bonds. The monoisotopic (exact) mass is 343 g/mol. The molecule has 1 aliphatic heterocycles. The molecule has 1 aliphatic rings. The number of allylic oxidation sites excluding steroid dienone is 1. The Bertz CT molecular complexity index is 835. The van der Waals surface area contributed by atoms with Gasteiger partial charge >= 0.3 is 5.97 Å². The van der Waals surface area contributed by atoms with Crippen LogP contribution in [-0.2, 0) is 9.53 Å². The maximum atomic E-state index is 12.9. The van der Waals surface area contributed by atoms with Crippen LogP contribution in [0.2, 0.25) is 0 Å². The number of anilines is 1. The Balaban J connectivity index is 2.11. The first kappa shape index (κ1) is 16.9. The molecule has 132 valence electrons. The SMILES string of the molecule is COc1cccc(C2C(C(=O)OC(C)(C)C)=C(C)Nc3nnnn32)c1. The van der Waals surface area contributed by atoms with Crippen molar-refractivity contribution in [1.29, 1.82) is 0 Å². The van der Waals surface area contributed by atoms with Crippen molar-refractivity contribution in [2.75, 3.05) is 12.4 Å². The predicted octanol–water partition coefficient (Wildman–Crippen LogP) is 2.31. The van der Waals surface area contributed by atoms with Crippen molar-refractivity contribution in [1.82, 2.24) is 20.2 Å². The number of methoxy groups -OCH3 is 1. The zero-order chi connectivity index (χ0) is 18.2. The first-order chi connectivity index (χ1) is 11.8. The standard InChI is InChI=1S/C17H21N5O3/c1-10-13(15(23)25-17(2,3)4)14(22-16(18-10)19-20-21-22)11-7-6-8-12(9-11)24-5/h6-9,14H,1-5H3,(H,18,19,21). The molecule has 0 fully saturated rings. The van der Waals surface area contributed by atoms with Gasteiger partial charge in [-0.05, 0) is 55.8 Å². The van der Waals surface area contributed by atoms with E-state index in [1.165, 1.54) is 0 Å². The van der Waals surface area contributed by atoms with Crippen molar-refractivity contribution in [3.63, 3.8) is 0 Å². The average Bonchev–Trinajstić information content (AvgIpc) is 2.99. The third kappa shape index (κ3) is 3.33. The smallest absolute Gasteiger partial charge is 0.338 e. The molecule has 2 aromatic rings. The van der Waals surface area contributed by atoms with Gasteiger partial charge in [-0.3, -0.25) is 0 Å². The van der Waals surface area contributed by atoms with E-state index < -0.39 is 17.6 Å². The van der Waals surface area contributed by atoms with Crippen molar-refractivity contribution >= 4 is 11.9 Å². The fourth-order valence-electron chi connectivity index (χ4n) is 2.73. The van der Waals surface area contributed by atoms with Gasteiger partial charge < -0.3 is 14.8 Å². The summed E-state index contributed by atoms with van der Waals surface area (Å²) in [7, 11) is 1.60. The van der Waals surface area contributed by atoms with Crippen LogP contribution in [0.15, 0.2) is 35.5 Å². The summed E-state index contributed by atoms with van der Waals surface area (Å²) in [6.45, 7) is 7.31. The van der Waals surface area contributed by atoms with E-state index in [4.69, 9.17) is 9.47 Å². The van der Waals surface area contributed by atoms with E-state index in [0.717, 1.165) is 5.56 Å². The zero-order valence-electron chi connectivity index (χ0n) is 14.9. The van der Waals surface area contributed by atoms with Gasteiger partial charge in [0.2, 0.25) is 5.95 Å². The fraction of sp³-hybridized carbons (Fsp3) is 0.412. The second kappa shape index (κ2) is 6.19. The fourth-order valence-corrected chi connectivity index (χ4v) is 2.73. The average molecular weight is 343 g/mol. The summed E-state index contributed by atoms with van der Waals surface area (Å²) in [5.74, 6) is 0.746. The predicted molar refractivity (Wildman–Crippen MR) is 91.1 cm³/mol. The number of hydrogen-bond acceptors (Lipinski definition) is 7. The molecule has 2 heterocycles. The Morgan fingerprint density at radius 2 is 2.08 bits per heavy atom. The van der Waals surface area contributed by atoms with Crippen LogP contribution in [0.5, 0.6) is 5.75 Å². The number of hydrogen-bond donors (Lipinski definition) is 1. The number of carbonyl (C=O) groups excluding carboxylic acids is 1. The number of esters is 1. The number of benzene rings is 1. The second-order valence-corrected chi connectivity index (χ2v) is 6.79. The number of nitrogens with zero attached hydrogens (tertiary/aromatic N) is 4. The van der Waals surface area contributed by atoms with E-state index in [0.29, 0.717) is 23.0 Å². The van der Waals surface area contributed by atoms with Crippen LogP contribution in [0, 0.1) is 0 Å². The molecule has 3 rings (SSSR count). The lowest BCUT2D eigenvalue weighted by molar-refractivity contribution is -0.150. The quantitative estimate of drug-likeness (QED) is 0.855. The highest BCUT2D eigenvalue weighted by Crippen LogP contribution is 2.36. The van der Waals surface area contributed by atoms with E-state index >= 15 is 0 Å². The third-order valence-electron chi connectivity index (χ3n) is 3.74. The summed E-state index contributed by atoms with van der Waals surface area (Å²) in [6.07, 6.45) is 0. The van der Waals surface area contributed by atoms with Crippen LogP contribution >= 0.6 is 0 Å². The van der Waals surface area contributed by atoms with Crippen LogP contribution in [0.25, 0.3) is 0 Å². The zero-order valence-corrected chi connectivity index (χ0v) is 14.9. The molecule has 1 aromatic carbocycles. The van der Waals surface area contributed by atoms with Gasteiger partial charge in [-0.1, -0.05) is 17.2 Å². The van der Waals surface area contributed by atoms with Gasteiger partial charge in [0, 0.05) is 5.70 Å². The van der Waals surface area contributed by atoms with E-state index in [2.05, 4.69) is 20.8 Å².